The number of fused-ring (bicyclic) bond motifs is 1. The molecule has 0 saturated heterocycles. The highest BCUT2D eigenvalue weighted by molar-refractivity contribution is 7.09. The van der Waals surface area contributed by atoms with Crippen LogP contribution in [0.25, 0.3) is 0 Å². The van der Waals surface area contributed by atoms with Crippen molar-refractivity contribution in [2.45, 2.75) is 51.2 Å². The molecule has 154 valence electrons. The van der Waals surface area contributed by atoms with Crippen LogP contribution >= 0.6 is 11.3 Å². The number of aryl methyl sites for hydroxylation is 1. The largest absolute Gasteiger partial charge is 0.434 e. The number of guanidine groups is 1. The Morgan fingerprint density at radius 2 is 1.96 bits per heavy atom. The zero-order valence-electron chi connectivity index (χ0n) is 15.7. The van der Waals surface area contributed by atoms with Gasteiger partial charge in [-0.15, -0.1) is 21.5 Å². The number of hydrogen-bond donors (Lipinski definition) is 2. The predicted molar refractivity (Wildman–Crippen MR) is 101 cm³/mol. The average Bonchev–Trinajstić information content (AvgIpc) is 3.21. The van der Waals surface area contributed by atoms with Crippen molar-refractivity contribution in [2.24, 2.45) is 4.99 Å². The maximum Gasteiger partial charge on any atom is 0.434 e. The minimum atomic E-state index is -4.39. The first kappa shape index (κ1) is 20.6. The number of thiazole rings is 1. The summed E-state index contributed by atoms with van der Waals surface area (Å²) >= 11 is 1.02. The van der Waals surface area contributed by atoms with E-state index < -0.39 is 11.9 Å². The number of hydrogen-bond acceptors (Lipinski definition) is 5. The lowest BCUT2D eigenvalue weighted by atomic mass is 10.2. The average molecular weight is 415 g/mol. The number of nitrogens with zero attached hydrogens (tertiary/aromatic N) is 5. The summed E-state index contributed by atoms with van der Waals surface area (Å²) in [5.74, 6) is 2.64. The number of rotatable bonds is 6. The highest BCUT2D eigenvalue weighted by Crippen LogP contribution is 2.30. The SMILES string of the molecule is CN=C(NCCc1nc(C(F)(F)F)cs1)NCCc1nnc2n1CCCCC2. The fourth-order valence-electron chi connectivity index (χ4n) is 3.09. The quantitative estimate of drug-likeness (QED) is 0.560. The Bertz CT molecular complexity index is 797. The number of halogens is 3. The van der Waals surface area contributed by atoms with Crippen molar-refractivity contribution in [1.29, 1.82) is 0 Å². The Balaban J connectivity index is 1.42. The number of aliphatic imine (C=N–C) groups is 1. The van der Waals surface area contributed by atoms with Gasteiger partial charge >= 0.3 is 6.18 Å². The minimum absolute atomic E-state index is 0.402. The topological polar surface area (TPSA) is 80.0 Å². The Morgan fingerprint density at radius 3 is 2.68 bits per heavy atom. The van der Waals surface area contributed by atoms with Gasteiger partial charge in [0, 0.05) is 51.3 Å². The Kier molecular flexibility index (Phi) is 6.87. The van der Waals surface area contributed by atoms with Gasteiger partial charge in [-0.1, -0.05) is 6.42 Å². The third kappa shape index (κ3) is 5.43. The van der Waals surface area contributed by atoms with E-state index in [2.05, 4.69) is 35.4 Å². The smallest absolute Gasteiger partial charge is 0.356 e. The van der Waals surface area contributed by atoms with E-state index in [9.17, 15) is 13.2 Å². The molecule has 2 N–H and O–H groups in total. The summed E-state index contributed by atoms with van der Waals surface area (Å²) in [7, 11) is 1.66. The number of nitrogens with one attached hydrogen (secondary N) is 2. The molecule has 0 bridgehead atoms. The molecular weight excluding hydrogens is 391 g/mol. The van der Waals surface area contributed by atoms with Gasteiger partial charge in [0.1, 0.15) is 11.6 Å². The number of alkyl halides is 3. The molecule has 0 unspecified atom stereocenters. The molecule has 3 rings (SSSR count). The molecular formula is C17H24F3N7S. The summed E-state index contributed by atoms with van der Waals surface area (Å²) < 4.78 is 39.9. The van der Waals surface area contributed by atoms with Crippen molar-refractivity contribution in [3.63, 3.8) is 0 Å². The molecule has 0 fully saturated rings. The minimum Gasteiger partial charge on any atom is -0.356 e. The monoisotopic (exact) mass is 415 g/mol. The number of aromatic nitrogens is 4. The lowest BCUT2D eigenvalue weighted by Gasteiger charge is -2.12. The van der Waals surface area contributed by atoms with Crippen LogP contribution in [-0.4, -0.2) is 45.8 Å². The molecule has 0 atom stereocenters. The normalized spacial score (nSPS) is 15.2. The van der Waals surface area contributed by atoms with Crippen LogP contribution in [-0.2, 0) is 32.0 Å². The molecule has 3 heterocycles. The molecule has 0 spiro atoms. The molecule has 2 aromatic rings. The van der Waals surface area contributed by atoms with E-state index in [1.165, 1.54) is 6.42 Å². The molecule has 7 nitrogen and oxygen atoms in total. The molecule has 1 aliphatic heterocycles. The molecule has 0 aromatic carbocycles. The maximum absolute atomic E-state index is 12.6. The van der Waals surface area contributed by atoms with Gasteiger partial charge < -0.3 is 15.2 Å². The van der Waals surface area contributed by atoms with E-state index in [0.717, 1.165) is 60.6 Å². The van der Waals surface area contributed by atoms with Crippen LogP contribution in [0.1, 0.15) is 41.6 Å². The van der Waals surface area contributed by atoms with Crippen LogP contribution in [0.5, 0.6) is 0 Å². The van der Waals surface area contributed by atoms with Gasteiger partial charge in [0.25, 0.3) is 0 Å². The first-order valence-electron chi connectivity index (χ1n) is 9.34. The van der Waals surface area contributed by atoms with Crippen molar-refractivity contribution in [2.75, 3.05) is 20.1 Å². The van der Waals surface area contributed by atoms with E-state index in [1.54, 1.807) is 7.05 Å². The molecule has 0 amide bonds. The van der Waals surface area contributed by atoms with E-state index in [-0.39, 0.29) is 0 Å². The first-order chi connectivity index (χ1) is 13.5. The summed E-state index contributed by atoms with van der Waals surface area (Å²) in [6.07, 6.45) is 1.27. The molecule has 0 saturated carbocycles. The fourth-order valence-corrected chi connectivity index (χ4v) is 3.89. The fraction of sp³-hybridized carbons (Fsp3) is 0.647. The summed E-state index contributed by atoms with van der Waals surface area (Å²) in [5, 5.41) is 16.4. The van der Waals surface area contributed by atoms with Gasteiger partial charge in [-0.2, -0.15) is 13.2 Å². The molecule has 2 aromatic heterocycles. The Morgan fingerprint density at radius 1 is 1.18 bits per heavy atom. The van der Waals surface area contributed by atoms with Crippen LogP contribution in [0.3, 0.4) is 0 Å². The summed E-state index contributed by atoms with van der Waals surface area (Å²) in [6.45, 7) is 2.07. The van der Waals surface area contributed by atoms with Crippen LogP contribution < -0.4 is 10.6 Å². The van der Waals surface area contributed by atoms with Crippen molar-refractivity contribution < 1.29 is 13.2 Å². The second-order valence-electron chi connectivity index (χ2n) is 6.54. The van der Waals surface area contributed by atoms with Crippen LogP contribution in [0.2, 0.25) is 0 Å². The standard InChI is InChI=1S/C17H24F3N7S/c1-21-16(23-9-7-15-24-12(11-28-15)17(18,19)20)22-8-6-14-26-25-13-5-3-2-4-10-27(13)14/h11H,2-10H2,1H3,(H2,21,22,23). The van der Waals surface area contributed by atoms with Gasteiger partial charge in [-0.3, -0.25) is 4.99 Å². The van der Waals surface area contributed by atoms with Crippen molar-refractivity contribution in [3.05, 3.63) is 27.7 Å². The second kappa shape index (κ2) is 9.35. The Labute approximate surface area is 165 Å². The van der Waals surface area contributed by atoms with Crippen molar-refractivity contribution in [1.82, 2.24) is 30.4 Å². The van der Waals surface area contributed by atoms with Crippen LogP contribution in [0.4, 0.5) is 13.2 Å². The second-order valence-corrected chi connectivity index (χ2v) is 7.49. The third-order valence-electron chi connectivity index (χ3n) is 4.52. The zero-order chi connectivity index (χ0) is 20.0. The summed E-state index contributed by atoms with van der Waals surface area (Å²) in [6, 6.07) is 0. The van der Waals surface area contributed by atoms with E-state index in [0.29, 0.717) is 30.5 Å². The van der Waals surface area contributed by atoms with Crippen LogP contribution in [0.15, 0.2) is 10.4 Å². The Hall–Kier alpha value is -2.17. The van der Waals surface area contributed by atoms with Crippen molar-refractivity contribution >= 4 is 17.3 Å². The van der Waals surface area contributed by atoms with Gasteiger partial charge in [0.15, 0.2) is 11.7 Å². The van der Waals surface area contributed by atoms with Gasteiger partial charge in [-0.05, 0) is 12.8 Å². The molecule has 1 aliphatic rings. The summed E-state index contributed by atoms with van der Waals surface area (Å²) in [5.41, 5.74) is -0.831. The predicted octanol–water partition coefficient (Wildman–Crippen LogP) is 2.43. The van der Waals surface area contributed by atoms with Crippen LogP contribution in [0, 0.1) is 0 Å². The molecule has 11 heteroatoms. The zero-order valence-corrected chi connectivity index (χ0v) is 16.5. The third-order valence-corrected chi connectivity index (χ3v) is 5.43. The lowest BCUT2D eigenvalue weighted by Crippen LogP contribution is -2.39. The van der Waals surface area contributed by atoms with Gasteiger partial charge in [0.2, 0.25) is 0 Å². The highest BCUT2D eigenvalue weighted by atomic mass is 32.1. The highest BCUT2D eigenvalue weighted by Gasteiger charge is 2.33. The van der Waals surface area contributed by atoms with Gasteiger partial charge in [0.05, 0.1) is 5.01 Å². The first-order valence-corrected chi connectivity index (χ1v) is 10.2. The summed E-state index contributed by atoms with van der Waals surface area (Å²) in [4.78, 5) is 7.76. The van der Waals surface area contributed by atoms with E-state index in [1.807, 2.05) is 0 Å². The molecule has 0 radical (unpaired) electrons. The molecule has 0 aliphatic carbocycles. The molecule has 28 heavy (non-hydrogen) atoms. The van der Waals surface area contributed by atoms with Crippen molar-refractivity contribution in [3.8, 4) is 0 Å². The van der Waals surface area contributed by atoms with E-state index >= 15 is 0 Å². The van der Waals surface area contributed by atoms with E-state index in [4.69, 9.17) is 0 Å². The lowest BCUT2D eigenvalue weighted by molar-refractivity contribution is -0.140. The maximum atomic E-state index is 12.6. The van der Waals surface area contributed by atoms with Gasteiger partial charge in [-0.25, -0.2) is 4.98 Å².